The summed E-state index contributed by atoms with van der Waals surface area (Å²) >= 11 is 1.85. The van der Waals surface area contributed by atoms with Crippen LogP contribution in [0.15, 0.2) is 4.99 Å². The van der Waals surface area contributed by atoms with Crippen molar-refractivity contribution in [3.63, 3.8) is 0 Å². The van der Waals surface area contributed by atoms with Crippen LogP contribution in [0.5, 0.6) is 0 Å². The molecule has 1 unspecified atom stereocenters. The van der Waals surface area contributed by atoms with E-state index in [-0.39, 0.29) is 5.60 Å². The highest BCUT2D eigenvalue weighted by Crippen LogP contribution is 2.35. The second-order valence-electron chi connectivity index (χ2n) is 5.49. The van der Waals surface area contributed by atoms with Crippen molar-refractivity contribution >= 4 is 16.9 Å². The van der Waals surface area contributed by atoms with Gasteiger partial charge in [0.2, 0.25) is 0 Å². The topological polar surface area (TPSA) is 33.6 Å². The summed E-state index contributed by atoms with van der Waals surface area (Å²) in [5.41, 5.74) is 0.0556. The molecule has 2 fully saturated rings. The van der Waals surface area contributed by atoms with Crippen LogP contribution in [0.3, 0.4) is 0 Å². The third-order valence-electron chi connectivity index (χ3n) is 3.99. The molecule has 1 saturated heterocycles. The molecule has 0 aromatic heterocycles. The lowest BCUT2D eigenvalue weighted by molar-refractivity contribution is -0.0629. The fraction of sp³-hybridized carbons (Fsp3) is 0.923. The van der Waals surface area contributed by atoms with Crippen LogP contribution in [0.1, 0.15) is 39.5 Å². The van der Waals surface area contributed by atoms with Crippen molar-refractivity contribution in [2.75, 3.05) is 19.4 Å². The number of amidine groups is 1. The number of nitrogens with one attached hydrogen (secondary N) is 1. The van der Waals surface area contributed by atoms with Gasteiger partial charge in [0.25, 0.3) is 0 Å². The summed E-state index contributed by atoms with van der Waals surface area (Å²) < 4.78 is 5.59. The van der Waals surface area contributed by atoms with E-state index in [2.05, 4.69) is 19.2 Å². The molecular formula is C13H24N2OS. The molecule has 1 heterocycles. The Morgan fingerprint density at radius 3 is 2.82 bits per heavy atom. The van der Waals surface area contributed by atoms with Crippen molar-refractivity contribution in [2.24, 2.45) is 10.9 Å². The highest BCUT2D eigenvalue weighted by atomic mass is 32.2. The smallest absolute Gasteiger partial charge is 0.156 e. The molecule has 1 atom stereocenters. The summed E-state index contributed by atoms with van der Waals surface area (Å²) in [6.45, 7) is 5.37. The SMILES string of the molecule is COC1(CN=C2NC(C(C)C)CCS2)CCC1. The number of thioether (sulfide) groups is 1. The zero-order valence-corrected chi connectivity index (χ0v) is 12.0. The molecule has 4 heteroatoms. The molecule has 0 aromatic carbocycles. The number of hydrogen-bond donors (Lipinski definition) is 1. The summed E-state index contributed by atoms with van der Waals surface area (Å²) in [4.78, 5) is 4.72. The highest BCUT2D eigenvalue weighted by Gasteiger charge is 2.37. The Hall–Kier alpha value is -0.220. The standard InChI is InChI=1S/C13H24N2OS/c1-10(2)11-5-8-17-12(15-11)14-9-13(16-3)6-4-7-13/h10-11H,4-9H2,1-3H3,(H,14,15). The van der Waals surface area contributed by atoms with Crippen molar-refractivity contribution in [3.05, 3.63) is 0 Å². The molecule has 1 N–H and O–H groups in total. The van der Waals surface area contributed by atoms with Crippen LogP contribution in [0.2, 0.25) is 0 Å². The maximum absolute atomic E-state index is 5.59. The maximum Gasteiger partial charge on any atom is 0.156 e. The molecule has 0 amide bonds. The Balaban J connectivity index is 1.88. The van der Waals surface area contributed by atoms with Crippen LogP contribution in [0, 0.1) is 5.92 Å². The Morgan fingerprint density at radius 2 is 2.29 bits per heavy atom. The lowest BCUT2D eigenvalue weighted by Crippen LogP contribution is -2.45. The fourth-order valence-electron chi connectivity index (χ4n) is 2.36. The zero-order valence-electron chi connectivity index (χ0n) is 11.2. The van der Waals surface area contributed by atoms with E-state index >= 15 is 0 Å². The molecule has 0 bridgehead atoms. The largest absolute Gasteiger partial charge is 0.376 e. The Bertz CT molecular complexity index is 282. The van der Waals surface area contributed by atoms with Crippen LogP contribution in [-0.2, 0) is 4.74 Å². The Morgan fingerprint density at radius 1 is 1.53 bits per heavy atom. The normalized spacial score (nSPS) is 30.1. The van der Waals surface area contributed by atoms with E-state index in [1.807, 2.05) is 18.9 Å². The van der Waals surface area contributed by atoms with Gasteiger partial charge < -0.3 is 10.1 Å². The van der Waals surface area contributed by atoms with Crippen molar-refractivity contribution in [1.29, 1.82) is 0 Å². The van der Waals surface area contributed by atoms with Crippen LogP contribution < -0.4 is 5.32 Å². The van der Waals surface area contributed by atoms with E-state index in [9.17, 15) is 0 Å². The van der Waals surface area contributed by atoms with Crippen LogP contribution >= 0.6 is 11.8 Å². The first-order valence-corrected chi connectivity index (χ1v) is 7.63. The summed E-state index contributed by atoms with van der Waals surface area (Å²) in [6.07, 6.45) is 4.86. The second-order valence-corrected chi connectivity index (χ2v) is 6.58. The number of ether oxygens (including phenoxy) is 1. The molecule has 1 aliphatic heterocycles. The molecule has 0 spiro atoms. The molecule has 0 radical (unpaired) electrons. The molecular weight excluding hydrogens is 232 g/mol. The third-order valence-corrected chi connectivity index (χ3v) is 4.95. The van der Waals surface area contributed by atoms with Gasteiger partial charge >= 0.3 is 0 Å². The fourth-order valence-corrected chi connectivity index (χ4v) is 3.32. The van der Waals surface area contributed by atoms with E-state index in [0.717, 1.165) is 11.7 Å². The summed E-state index contributed by atoms with van der Waals surface area (Å²) in [5.74, 6) is 1.87. The second kappa shape index (κ2) is 5.61. The van der Waals surface area contributed by atoms with Gasteiger partial charge in [0.05, 0.1) is 12.1 Å². The molecule has 17 heavy (non-hydrogen) atoms. The third kappa shape index (κ3) is 3.16. The van der Waals surface area contributed by atoms with E-state index in [1.165, 1.54) is 31.4 Å². The zero-order chi connectivity index (χ0) is 12.3. The van der Waals surface area contributed by atoms with E-state index in [0.29, 0.717) is 12.0 Å². The van der Waals surface area contributed by atoms with Crippen molar-refractivity contribution < 1.29 is 4.74 Å². The molecule has 1 saturated carbocycles. The summed E-state index contributed by atoms with van der Waals surface area (Å²) in [5, 5.41) is 4.68. The van der Waals surface area contributed by atoms with Gasteiger partial charge in [0.1, 0.15) is 0 Å². The van der Waals surface area contributed by atoms with Gasteiger partial charge in [-0.3, -0.25) is 4.99 Å². The number of methoxy groups -OCH3 is 1. The van der Waals surface area contributed by atoms with Gasteiger partial charge in [-0.25, -0.2) is 0 Å². The Kier molecular flexibility index (Phi) is 4.36. The van der Waals surface area contributed by atoms with Crippen molar-refractivity contribution in [3.8, 4) is 0 Å². The highest BCUT2D eigenvalue weighted by molar-refractivity contribution is 8.13. The average Bonchev–Trinajstić information content (AvgIpc) is 2.28. The van der Waals surface area contributed by atoms with Crippen molar-refractivity contribution in [1.82, 2.24) is 5.32 Å². The van der Waals surface area contributed by atoms with Gasteiger partial charge in [0, 0.05) is 18.9 Å². The lowest BCUT2D eigenvalue weighted by atomic mass is 9.80. The van der Waals surface area contributed by atoms with Gasteiger partial charge in [0.15, 0.2) is 5.17 Å². The molecule has 2 aliphatic rings. The quantitative estimate of drug-likeness (QED) is 0.839. The molecule has 2 rings (SSSR count). The number of rotatable bonds is 4. The molecule has 98 valence electrons. The lowest BCUT2D eigenvalue weighted by Gasteiger charge is -2.39. The van der Waals surface area contributed by atoms with Gasteiger partial charge in [-0.2, -0.15) is 0 Å². The summed E-state index contributed by atoms with van der Waals surface area (Å²) in [6, 6.07) is 0.592. The number of nitrogens with zero attached hydrogens (tertiary/aromatic N) is 1. The van der Waals surface area contributed by atoms with Crippen molar-refractivity contribution in [2.45, 2.75) is 51.2 Å². The first-order chi connectivity index (χ1) is 8.15. The van der Waals surface area contributed by atoms with E-state index < -0.39 is 0 Å². The predicted molar refractivity (Wildman–Crippen MR) is 74.7 cm³/mol. The minimum Gasteiger partial charge on any atom is -0.376 e. The summed E-state index contributed by atoms with van der Waals surface area (Å²) in [7, 11) is 1.82. The van der Waals surface area contributed by atoms with Gasteiger partial charge in [-0.15, -0.1) is 0 Å². The van der Waals surface area contributed by atoms with Gasteiger partial charge in [-0.05, 0) is 31.6 Å². The van der Waals surface area contributed by atoms with Crippen LogP contribution in [0.4, 0.5) is 0 Å². The predicted octanol–water partition coefficient (Wildman–Crippen LogP) is 2.66. The van der Waals surface area contributed by atoms with E-state index in [4.69, 9.17) is 9.73 Å². The minimum absolute atomic E-state index is 0.0556. The average molecular weight is 256 g/mol. The number of aliphatic imine (C=N–C) groups is 1. The molecule has 0 aromatic rings. The van der Waals surface area contributed by atoms with Crippen LogP contribution in [-0.4, -0.2) is 36.2 Å². The molecule has 3 nitrogen and oxygen atoms in total. The monoisotopic (exact) mass is 256 g/mol. The molecule has 1 aliphatic carbocycles. The van der Waals surface area contributed by atoms with Crippen LogP contribution in [0.25, 0.3) is 0 Å². The maximum atomic E-state index is 5.59. The first kappa shape index (κ1) is 13.2. The van der Waals surface area contributed by atoms with E-state index in [1.54, 1.807) is 0 Å². The Labute approximate surface area is 109 Å². The number of hydrogen-bond acceptors (Lipinski definition) is 3. The minimum atomic E-state index is 0.0556. The first-order valence-electron chi connectivity index (χ1n) is 6.64. The van der Waals surface area contributed by atoms with Gasteiger partial charge in [-0.1, -0.05) is 25.6 Å².